The van der Waals surface area contributed by atoms with Gasteiger partial charge in [-0.1, -0.05) is 134 Å². The van der Waals surface area contributed by atoms with Gasteiger partial charge in [-0.15, -0.1) is 0 Å². The summed E-state index contributed by atoms with van der Waals surface area (Å²) in [6.45, 7) is 2.32. The summed E-state index contributed by atoms with van der Waals surface area (Å²) in [4.78, 5) is 34.9. The Hall–Kier alpha value is -1.81. The van der Waals surface area contributed by atoms with E-state index in [9.17, 15) is 24.2 Å². The summed E-state index contributed by atoms with van der Waals surface area (Å²) in [6.07, 6.45) is 38.2. The topological polar surface area (TPSA) is 149 Å². The van der Waals surface area contributed by atoms with Crippen molar-refractivity contribution >= 4 is 19.8 Å². The van der Waals surface area contributed by atoms with Crippen LogP contribution in [0.5, 0.6) is 0 Å². The molecule has 3 atom stereocenters. The first-order valence-electron chi connectivity index (χ1n) is 20.9. The van der Waals surface area contributed by atoms with Crippen LogP contribution in [0.3, 0.4) is 0 Å². The number of carbonyl (C=O) groups excluding carboxylic acids is 2. The maximum absolute atomic E-state index is 12.6. The van der Waals surface area contributed by atoms with E-state index in [-0.39, 0.29) is 19.4 Å². The van der Waals surface area contributed by atoms with Crippen LogP contribution in [0.2, 0.25) is 0 Å². The maximum atomic E-state index is 12.6. The number of phosphoric acid groups is 1. The fraction of sp³-hybridized carbons (Fsp3) is 0.810. The van der Waals surface area contributed by atoms with Crippen LogP contribution in [-0.4, -0.2) is 65.7 Å². The summed E-state index contributed by atoms with van der Waals surface area (Å²) >= 11 is 0. The highest BCUT2D eigenvalue weighted by atomic mass is 31.2. The molecule has 0 spiro atoms. The minimum Gasteiger partial charge on any atom is -0.462 e. The molecule has 0 fully saturated rings. The Morgan fingerprint density at radius 2 is 0.981 bits per heavy atom. The molecule has 11 heteroatoms. The first kappa shape index (κ1) is 51.2. The molecule has 3 N–H and O–H groups in total. The molecule has 0 aromatic carbocycles. The summed E-state index contributed by atoms with van der Waals surface area (Å²) in [6, 6.07) is 0. The molecule has 0 aromatic rings. The zero-order valence-corrected chi connectivity index (χ0v) is 34.4. The largest absolute Gasteiger partial charge is 0.472 e. The Morgan fingerprint density at radius 1 is 0.566 bits per heavy atom. The number of rotatable bonds is 39. The van der Waals surface area contributed by atoms with E-state index >= 15 is 0 Å². The van der Waals surface area contributed by atoms with Crippen LogP contribution < -0.4 is 0 Å². The molecule has 53 heavy (non-hydrogen) atoms. The average Bonchev–Trinajstić information content (AvgIpc) is 3.14. The number of hydrogen-bond donors (Lipinski definition) is 3. The smallest absolute Gasteiger partial charge is 0.462 e. The van der Waals surface area contributed by atoms with Gasteiger partial charge < -0.3 is 24.6 Å². The summed E-state index contributed by atoms with van der Waals surface area (Å²) in [7, 11) is -4.62. The summed E-state index contributed by atoms with van der Waals surface area (Å²) in [5.74, 6) is -0.950. The zero-order chi connectivity index (χ0) is 39.1. The van der Waals surface area contributed by atoms with Crippen LogP contribution in [0.15, 0.2) is 36.5 Å². The number of phosphoric ester groups is 1. The third-order valence-corrected chi connectivity index (χ3v) is 9.72. The molecule has 0 aliphatic heterocycles. The number of unbranched alkanes of at least 4 members (excludes halogenated alkanes) is 19. The van der Waals surface area contributed by atoms with Crippen LogP contribution in [0.1, 0.15) is 181 Å². The standard InChI is InChI=1S/C42H77O10P/c1-3-5-7-9-11-13-15-17-19-21-23-25-27-29-31-33-41(45)49-37-40(38-51-53(47,48)50-36-39(44)35-43)52-42(46)34-32-30-28-26-24-22-20-18-16-14-12-10-8-6-4-2/h11,13,17-20,39-40,43-44H,3-10,12,14-16,21-38H2,1-2H3,(H,47,48)/t39-,40+/m0/s1. The molecule has 0 saturated heterocycles. The summed E-state index contributed by atoms with van der Waals surface area (Å²) in [5.41, 5.74) is 0. The number of carbonyl (C=O) groups is 2. The van der Waals surface area contributed by atoms with Crippen LogP contribution >= 0.6 is 7.82 Å². The van der Waals surface area contributed by atoms with Crippen LogP contribution in [0, 0.1) is 0 Å². The van der Waals surface area contributed by atoms with Gasteiger partial charge >= 0.3 is 19.8 Å². The van der Waals surface area contributed by atoms with Crippen molar-refractivity contribution in [2.75, 3.05) is 26.4 Å². The van der Waals surface area contributed by atoms with Gasteiger partial charge in [-0.25, -0.2) is 4.57 Å². The first-order valence-corrected chi connectivity index (χ1v) is 22.4. The molecule has 0 rings (SSSR count). The Bertz CT molecular complexity index is 983. The fourth-order valence-electron chi connectivity index (χ4n) is 5.49. The molecule has 0 aromatic heterocycles. The lowest BCUT2D eigenvalue weighted by atomic mass is 10.1. The van der Waals surface area contributed by atoms with Gasteiger partial charge in [0.2, 0.25) is 0 Å². The van der Waals surface area contributed by atoms with Crippen molar-refractivity contribution in [3.05, 3.63) is 36.5 Å². The number of aliphatic hydroxyl groups excluding tert-OH is 2. The highest BCUT2D eigenvalue weighted by Gasteiger charge is 2.27. The Balaban J connectivity index is 4.36. The number of hydrogen-bond acceptors (Lipinski definition) is 9. The zero-order valence-electron chi connectivity index (χ0n) is 33.5. The van der Waals surface area contributed by atoms with Crippen molar-refractivity contribution in [1.29, 1.82) is 0 Å². The molecule has 0 bridgehead atoms. The Labute approximate surface area is 322 Å². The van der Waals surface area contributed by atoms with E-state index in [2.05, 4.69) is 54.8 Å². The molecular formula is C42H77O10P. The van der Waals surface area contributed by atoms with E-state index < -0.39 is 51.8 Å². The normalized spacial score (nSPS) is 14.3. The molecule has 0 heterocycles. The van der Waals surface area contributed by atoms with Gasteiger partial charge in [0.1, 0.15) is 12.7 Å². The second kappa shape index (κ2) is 38.5. The average molecular weight is 773 g/mol. The van der Waals surface area contributed by atoms with Gasteiger partial charge in [0.25, 0.3) is 0 Å². The third kappa shape index (κ3) is 38.3. The second-order valence-corrected chi connectivity index (χ2v) is 15.5. The van der Waals surface area contributed by atoms with Crippen LogP contribution in [0.4, 0.5) is 0 Å². The molecule has 0 aliphatic rings. The van der Waals surface area contributed by atoms with E-state index in [4.69, 9.17) is 19.1 Å². The molecule has 0 aliphatic carbocycles. The molecular weight excluding hydrogens is 695 g/mol. The molecule has 0 amide bonds. The summed E-state index contributed by atoms with van der Waals surface area (Å²) < 4.78 is 32.6. The predicted molar refractivity (Wildman–Crippen MR) is 214 cm³/mol. The quantitative estimate of drug-likeness (QED) is 0.0238. The number of ether oxygens (including phenoxy) is 2. The maximum Gasteiger partial charge on any atom is 0.472 e. The van der Waals surface area contributed by atoms with Crippen molar-refractivity contribution in [2.24, 2.45) is 0 Å². The second-order valence-electron chi connectivity index (χ2n) is 14.0. The summed E-state index contributed by atoms with van der Waals surface area (Å²) in [5, 5.41) is 18.3. The van der Waals surface area contributed by atoms with Crippen molar-refractivity contribution < 1.29 is 47.8 Å². The minimum absolute atomic E-state index is 0.171. The van der Waals surface area contributed by atoms with Gasteiger partial charge in [0.05, 0.1) is 19.8 Å². The van der Waals surface area contributed by atoms with E-state index in [0.29, 0.717) is 12.8 Å². The van der Waals surface area contributed by atoms with E-state index in [0.717, 1.165) is 83.5 Å². The van der Waals surface area contributed by atoms with Crippen molar-refractivity contribution in [1.82, 2.24) is 0 Å². The molecule has 1 unspecified atom stereocenters. The lowest BCUT2D eigenvalue weighted by molar-refractivity contribution is -0.161. The third-order valence-electron chi connectivity index (χ3n) is 8.77. The number of esters is 2. The van der Waals surface area contributed by atoms with Gasteiger partial charge in [-0.05, 0) is 70.6 Å². The Kier molecular flexibility index (Phi) is 37.2. The number of allylic oxidation sites excluding steroid dienone is 6. The fourth-order valence-corrected chi connectivity index (χ4v) is 6.28. The monoisotopic (exact) mass is 773 g/mol. The number of aliphatic hydroxyl groups is 2. The molecule has 0 saturated carbocycles. The van der Waals surface area contributed by atoms with Crippen molar-refractivity contribution in [2.45, 2.75) is 193 Å². The van der Waals surface area contributed by atoms with Crippen LogP contribution in [0.25, 0.3) is 0 Å². The minimum atomic E-state index is -4.62. The van der Waals surface area contributed by atoms with Gasteiger partial charge in [0.15, 0.2) is 6.10 Å². The first-order chi connectivity index (χ1) is 25.7. The molecule has 10 nitrogen and oxygen atoms in total. The van der Waals surface area contributed by atoms with Gasteiger partial charge in [-0.3, -0.25) is 18.6 Å². The lowest BCUT2D eigenvalue weighted by Gasteiger charge is -2.20. The SMILES string of the molecule is CCCCCC=CCC=CCCCCCCCC(=O)OC[C@H](COP(=O)(O)OC[C@@H](O)CO)OC(=O)CCCCCCCC=CCCCCCCCC. The molecule has 310 valence electrons. The van der Waals surface area contributed by atoms with E-state index in [1.165, 1.54) is 57.8 Å². The van der Waals surface area contributed by atoms with E-state index in [1.807, 2.05) is 0 Å². The van der Waals surface area contributed by atoms with Crippen molar-refractivity contribution in [3.8, 4) is 0 Å². The van der Waals surface area contributed by atoms with Gasteiger partial charge in [0, 0.05) is 12.8 Å². The lowest BCUT2D eigenvalue weighted by Crippen LogP contribution is -2.29. The van der Waals surface area contributed by atoms with Crippen LogP contribution in [-0.2, 0) is 32.7 Å². The highest BCUT2D eigenvalue weighted by Crippen LogP contribution is 2.43. The molecule has 0 radical (unpaired) electrons. The Morgan fingerprint density at radius 3 is 1.51 bits per heavy atom. The van der Waals surface area contributed by atoms with E-state index in [1.54, 1.807) is 0 Å². The van der Waals surface area contributed by atoms with Gasteiger partial charge in [-0.2, -0.15) is 0 Å². The highest BCUT2D eigenvalue weighted by molar-refractivity contribution is 7.47. The van der Waals surface area contributed by atoms with Crippen molar-refractivity contribution in [3.63, 3.8) is 0 Å². The predicted octanol–water partition coefficient (Wildman–Crippen LogP) is 10.8.